The van der Waals surface area contributed by atoms with E-state index < -0.39 is 23.0 Å². The third-order valence-electron chi connectivity index (χ3n) is 7.46. The van der Waals surface area contributed by atoms with Gasteiger partial charge >= 0.3 is 0 Å². The van der Waals surface area contributed by atoms with E-state index in [2.05, 4.69) is 27.0 Å². The molecule has 0 N–H and O–H groups in total. The molecular weight excluding hydrogens is 667 g/mol. The predicted octanol–water partition coefficient (Wildman–Crippen LogP) is 9.57. The Hall–Kier alpha value is -4.19. The van der Waals surface area contributed by atoms with Crippen LogP contribution in [0.1, 0.15) is 19.8 Å². The van der Waals surface area contributed by atoms with E-state index in [9.17, 15) is 17.6 Å². The number of ether oxygens (including phenoxy) is 1. The second kappa shape index (κ2) is 13.3. The minimum absolute atomic E-state index is 0.0502. The van der Waals surface area contributed by atoms with E-state index in [1.54, 1.807) is 36.5 Å². The molecule has 0 aliphatic carbocycles. The van der Waals surface area contributed by atoms with Crippen molar-refractivity contribution in [1.29, 1.82) is 0 Å². The van der Waals surface area contributed by atoms with Gasteiger partial charge < -0.3 is 9.64 Å². The number of hydrogen-bond donors (Lipinski definition) is 0. The number of benzene rings is 3. The Bertz CT molecular complexity index is 2030. The molecule has 1 aliphatic rings. The van der Waals surface area contributed by atoms with Gasteiger partial charge in [0.1, 0.15) is 52.1 Å². The number of fused-ring (bicyclic) bond motifs is 2. The summed E-state index contributed by atoms with van der Waals surface area (Å²) in [5.41, 5.74) is 0.270. The molecule has 0 unspecified atom stereocenters. The molecule has 7 rings (SSSR count). The van der Waals surface area contributed by atoms with Crippen molar-refractivity contribution in [2.24, 2.45) is 5.92 Å². The summed E-state index contributed by atoms with van der Waals surface area (Å²) in [7, 11) is 0. The second-order valence-corrected chi connectivity index (χ2v) is 11.8. The fourth-order valence-electron chi connectivity index (χ4n) is 5.20. The fraction of sp³-hybridized carbons (Fsp3) is 0.188. The molecule has 0 radical (unpaired) electrons. The second-order valence-electron chi connectivity index (χ2n) is 10.6. The van der Waals surface area contributed by atoms with Gasteiger partial charge in [0, 0.05) is 36.4 Å². The first kappa shape index (κ1) is 31.8. The zero-order valence-corrected chi connectivity index (χ0v) is 26.3. The predicted molar refractivity (Wildman–Crippen MR) is 170 cm³/mol. The Morgan fingerprint density at radius 1 is 0.826 bits per heavy atom. The summed E-state index contributed by atoms with van der Waals surface area (Å²) in [4.78, 5) is 14.3. The molecule has 0 amide bonds. The molecule has 14 heteroatoms. The molecule has 6 aromatic rings. The molecule has 0 atom stereocenters. The van der Waals surface area contributed by atoms with E-state index in [4.69, 9.17) is 39.5 Å². The summed E-state index contributed by atoms with van der Waals surface area (Å²) in [5.74, 6) is -1.14. The lowest BCUT2D eigenvalue weighted by molar-refractivity contribution is 0.435. The van der Waals surface area contributed by atoms with Crippen molar-refractivity contribution in [2.45, 2.75) is 19.8 Å². The first-order chi connectivity index (χ1) is 22.1. The highest BCUT2D eigenvalue weighted by atomic mass is 35.5. The third kappa shape index (κ3) is 6.53. The highest BCUT2D eigenvalue weighted by Crippen LogP contribution is 2.40. The monoisotopic (exact) mass is 688 g/mol. The van der Waals surface area contributed by atoms with Gasteiger partial charge in [0.05, 0.1) is 27.1 Å². The van der Waals surface area contributed by atoms with E-state index in [1.807, 2.05) is 4.90 Å². The first-order valence-corrected chi connectivity index (χ1v) is 15.2. The number of anilines is 1. The minimum Gasteiger partial charge on any atom is -0.457 e. The van der Waals surface area contributed by atoms with Crippen LogP contribution in [0.25, 0.3) is 27.8 Å². The Labute approximate surface area is 275 Å². The van der Waals surface area contributed by atoms with Gasteiger partial charge in [0.2, 0.25) is 0 Å². The van der Waals surface area contributed by atoms with Crippen LogP contribution in [0.3, 0.4) is 0 Å². The quantitative estimate of drug-likeness (QED) is 0.136. The lowest BCUT2D eigenvalue weighted by Crippen LogP contribution is -2.35. The Morgan fingerprint density at radius 2 is 1.52 bits per heavy atom. The number of pyridine rings is 1. The fourth-order valence-corrected chi connectivity index (χ4v) is 6.03. The van der Waals surface area contributed by atoms with Gasteiger partial charge in [-0.25, -0.2) is 17.6 Å². The van der Waals surface area contributed by atoms with Crippen LogP contribution in [-0.2, 0) is 0 Å². The molecule has 1 saturated heterocycles. The molecule has 3 aromatic heterocycles. The number of aromatic nitrogens is 5. The summed E-state index contributed by atoms with van der Waals surface area (Å²) in [5, 5.41) is 5.67. The summed E-state index contributed by atoms with van der Waals surface area (Å²) < 4.78 is 62.4. The number of halogens is 7. The van der Waals surface area contributed by atoms with Gasteiger partial charge in [-0.15, -0.1) is 0 Å². The summed E-state index contributed by atoms with van der Waals surface area (Å²) in [6.45, 7) is 3.50. The van der Waals surface area contributed by atoms with Crippen molar-refractivity contribution in [3.05, 3.63) is 106 Å². The SMILES string of the molecule is CC1CCN(c2c(-c3c(F)cc(F)cc3F)c(Cl)nc3ncnn23)CC1.Fc1ccc(Oc2ccnc3cc(Cl)cc(Cl)c23)cc1. The van der Waals surface area contributed by atoms with E-state index in [1.165, 1.54) is 23.0 Å². The Kier molecular flexibility index (Phi) is 9.17. The Morgan fingerprint density at radius 3 is 2.22 bits per heavy atom. The molecule has 236 valence electrons. The smallest absolute Gasteiger partial charge is 0.255 e. The van der Waals surface area contributed by atoms with Gasteiger partial charge in [-0.3, -0.25) is 4.98 Å². The lowest BCUT2D eigenvalue weighted by atomic mass is 9.98. The number of nitrogens with zero attached hydrogens (tertiary/aromatic N) is 6. The maximum absolute atomic E-state index is 14.5. The van der Waals surface area contributed by atoms with Gasteiger partial charge in [0.15, 0.2) is 0 Å². The van der Waals surface area contributed by atoms with E-state index in [-0.39, 0.29) is 22.3 Å². The van der Waals surface area contributed by atoms with Crippen LogP contribution in [-0.4, -0.2) is 37.7 Å². The molecule has 3 aromatic carbocycles. The van der Waals surface area contributed by atoms with Crippen molar-refractivity contribution >= 4 is 57.3 Å². The molecule has 0 bridgehead atoms. The van der Waals surface area contributed by atoms with Crippen LogP contribution in [0.15, 0.2) is 67.1 Å². The standard InChI is InChI=1S/C17H15ClF3N5.C15H8Cl2FNO/c1-9-2-4-25(5-3-9)16-14(13-11(20)6-10(19)7-12(13)21)15(18)24-17-22-8-23-26(16)17;16-9-7-12(17)15-13(8-9)19-6-5-14(15)20-11-3-1-10(18)2-4-11/h6-9H,2-5H2,1H3;1-8H. The topological polar surface area (TPSA) is 68.4 Å². The third-order valence-corrected chi connectivity index (χ3v) is 8.25. The van der Waals surface area contributed by atoms with E-state index in [0.29, 0.717) is 69.4 Å². The van der Waals surface area contributed by atoms with Gasteiger partial charge in [-0.1, -0.05) is 41.7 Å². The average molecular weight is 690 g/mol. The summed E-state index contributed by atoms with van der Waals surface area (Å²) in [6, 6.07) is 12.0. The lowest BCUT2D eigenvalue weighted by Gasteiger charge is -2.33. The molecule has 0 spiro atoms. The van der Waals surface area contributed by atoms with Gasteiger partial charge in [-0.2, -0.15) is 19.6 Å². The summed E-state index contributed by atoms with van der Waals surface area (Å²) in [6.07, 6.45) is 4.75. The number of hydrogen-bond acceptors (Lipinski definition) is 6. The van der Waals surface area contributed by atoms with Crippen molar-refractivity contribution < 1.29 is 22.3 Å². The number of piperidine rings is 1. The van der Waals surface area contributed by atoms with Crippen molar-refractivity contribution in [3.8, 4) is 22.6 Å². The maximum Gasteiger partial charge on any atom is 0.255 e. The zero-order chi connectivity index (χ0) is 32.5. The average Bonchev–Trinajstić information content (AvgIpc) is 3.47. The van der Waals surface area contributed by atoms with E-state index in [0.717, 1.165) is 12.8 Å². The molecule has 1 fully saturated rings. The molecule has 7 nitrogen and oxygen atoms in total. The van der Waals surface area contributed by atoms with Crippen LogP contribution >= 0.6 is 34.8 Å². The first-order valence-electron chi connectivity index (χ1n) is 14.1. The normalized spacial score (nSPS) is 13.6. The highest BCUT2D eigenvalue weighted by Gasteiger charge is 2.29. The zero-order valence-electron chi connectivity index (χ0n) is 24.0. The van der Waals surface area contributed by atoms with Gasteiger partial charge in [0.25, 0.3) is 5.78 Å². The largest absolute Gasteiger partial charge is 0.457 e. The van der Waals surface area contributed by atoms with Crippen LogP contribution in [0, 0.1) is 29.2 Å². The molecule has 1 aliphatic heterocycles. The van der Waals surface area contributed by atoms with Crippen LogP contribution in [0.4, 0.5) is 23.4 Å². The van der Waals surface area contributed by atoms with Crippen molar-refractivity contribution in [3.63, 3.8) is 0 Å². The van der Waals surface area contributed by atoms with Gasteiger partial charge in [-0.05, 0) is 61.2 Å². The Balaban J connectivity index is 0.000000167. The maximum atomic E-state index is 14.5. The molecular formula is C32H23Cl3F4N6O. The van der Waals surface area contributed by atoms with Crippen LogP contribution < -0.4 is 9.64 Å². The van der Waals surface area contributed by atoms with Crippen LogP contribution in [0.5, 0.6) is 11.5 Å². The summed E-state index contributed by atoms with van der Waals surface area (Å²) >= 11 is 18.4. The molecule has 0 saturated carbocycles. The van der Waals surface area contributed by atoms with E-state index >= 15 is 0 Å². The highest BCUT2D eigenvalue weighted by molar-refractivity contribution is 6.39. The minimum atomic E-state index is -1.04. The number of rotatable bonds is 4. The van der Waals surface area contributed by atoms with Crippen molar-refractivity contribution in [2.75, 3.05) is 18.0 Å². The van der Waals surface area contributed by atoms with Crippen molar-refractivity contribution in [1.82, 2.24) is 24.6 Å². The van der Waals surface area contributed by atoms with Crippen LogP contribution in [0.2, 0.25) is 15.2 Å². The molecule has 4 heterocycles. The molecule has 46 heavy (non-hydrogen) atoms.